The normalized spacial score (nSPS) is 31.2. The lowest BCUT2D eigenvalue weighted by Gasteiger charge is -2.26. The second kappa shape index (κ2) is 6.53. The molecule has 0 aromatic heterocycles. The molecule has 0 bridgehead atoms. The van der Waals surface area contributed by atoms with Crippen molar-refractivity contribution in [1.29, 1.82) is 0 Å². The molecule has 0 aromatic rings. The Balaban J connectivity index is 1.73. The molecule has 0 spiro atoms. The molecule has 2 aliphatic carbocycles. The molecule has 2 aliphatic rings. The summed E-state index contributed by atoms with van der Waals surface area (Å²) in [6.07, 6.45) is 8.80. The summed E-state index contributed by atoms with van der Waals surface area (Å²) < 4.78 is 5.79. The summed E-state index contributed by atoms with van der Waals surface area (Å²) in [5, 5.41) is 3.10. The van der Waals surface area contributed by atoms with E-state index in [-0.39, 0.29) is 24.2 Å². The molecule has 0 aromatic carbocycles. The van der Waals surface area contributed by atoms with Gasteiger partial charge in [0.05, 0.1) is 6.10 Å². The molecule has 18 heavy (non-hydrogen) atoms. The zero-order valence-corrected chi connectivity index (χ0v) is 11.4. The number of carbonyl (C=O) groups is 1. The van der Waals surface area contributed by atoms with Crippen LogP contribution in [0.3, 0.4) is 0 Å². The molecule has 2 saturated carbocycles. The predicted octanol–water partition coefficient (Wildman–Crippen LogP) is 1.72. The van der Waals surface area contributed by atoms with Crippen molar-refractivity contribution in [1.82, 2.24) is 5.32 Å². The van der Waals surface area contributed by atoms with Crippen LogP contribution in [0, 0.1) is 0 Å². The zero-order valence-electron chi connectivity index (χ0n) is 11.4. The molecule has 0 heterocycles. The molecule has 4 heteroatoms. The number of ether oxygens (including phenoxy) is 1. The summed E-state index contributed by atoms with van der Waals surface area (Å²) in [6.45, 7) is 1.84. The average molecular weight is 254 g/mol. The van der Waals surface area contributed by atoms with E-state index in [9.17, 15) is 4.79 Å². The Kier molecular flexibility index (Phi) is 5.01. The number of rotatable bonds is 4. The maximum absolute atomic E-state index is 12.0. The lowest BCUT2D eigenvalue weighted by atomic mass is 9.95. The van der Waals surface area contributed by atoms with Crippen LogP contribution >= 0.6 is 0 Å². The quantitative estimate of drug-likeness (QED) is 0.803. The van der Waals surface area contributed by atoms with Crippen LogP contribution in [0.5, 0.6) is 0 Å². The molecule has 0 aliphatic heterocycles. The van der Waals surface area contributed by atoms with E-state index in [0.29, 0.717) is 6.04 Å². The minimum Gasteiger partial charge on any atom is -0.364 e. The number of carbonyl (C=O) groups excluding carboxylic acids is 1. The number of hydrogen-bond acceptors (Lipinski definition) is 3. The molecule has 4 nitrogen and oxygen atoms in total. The van der Waals surface area contributed by atoms with E-state index in [0.717, 1.165) is 32.1 Å². The van der Waals surface area contributed by atoms with E-state index in [1.807, 2.05) is 6.92 Å². The standard InChI is InChI=1S/C14H26N2O2/c1-10(18-13-9-5-8-12(13)15)14(17)16-11-6-3-2-4-7-11/h10-13H,2-9,15H2,1H3,(H,16,17). The topological polar surface area (TPSA) is 64.3 Å². The largest absolute Gasteiger partial charge is 0.364 e. The van der Waals surface area contributed by atoms with Gasteiger partial charge >= 0.3 is 0 Å². The monoisotopic (exact) mass is 254 g/mol. The van der Waals surface area contributed by atoms with Gasteiger partial charge in [-0.15, -0.1) is 0 Å². The number of amides is 1. The van der Waals surface area contributed by atoms with Crippen LogP contribution in [0.1, 0.15) is 58.3 Å². The maximum Gasteiger partial charge on any atom is 0.249 e. The molecule has 3 atom stereocenters. The van der Waals surface area contributed by atoms with E-state index in [1.165, 1.54) is 19.3 Å². The minimum atomic E-state index is -0.374. The lowest BCUT2D eigenvalue weighted by molar-refractivity contribution is -0.136. The molecular formula is C14H26N2O2. The summed E-state index contributed by atoms with van der Waals surface area (Å²) in [7, 11) is 0. The summed E-state index contributed by atoms with van der Waals surface area (Å²) in [5.74, 6) is 0.0287. The highest BCUT2D eigenvalue weighted by Crippen LogP contribution is 2.22. The van der Waals surface area contributed by atoms with Crippen molar-refractivity contribution in [3.05, 3.63) is 0 Å². The van der Waals surface area contributed by atoms with E-state index in [4.69, 9.17) is 10.5 Å². The van der Waals surface area contributed by atoms with Crippen molar-refractivity contribution < 1.29 is 9.53 Å². The third kappa shape index (κ3) is 3.69. The van der Waals surface area contributed by atoms with Gasteiger partial charge in [-0.05, 0) is 39.0 Å². The van der Waals surface area contributed by atoms with Crippen LogP contribution in [-0.2, 0) is 9.53 Å². The maximum atomic E-state index is 12.0. The fourth-order valence-corrected chi connectivity index (χ4v) is 3.01. The van der Waals surface area contributed by atoms with Crippen LogP contribution in [0.25, 0.3) is 0 Å². The Bertz CT molecular complexity index is 277. The zero-order chi connectivity index (χ0) is 13.0. The van der Waals surface area contributed by atoms with Crippen molar-refractivity contribution in [2.24, 2.45) is 5.73 Å². The van der Waals surface area contributed by atoms with E-state index in [2.05, 4.69) is 5.32 Å². The molecule has 2 fully saturated rings. The molecule has 104 valence electrons. The predicted molar refractivity (Wildman–Crippen MR) is 71.2 cm³/mol. The highest BCUT2D eigenvalue weighted by atomic mass is 16.5. The van der Waals surface area contributed by atoms with E-state index in [1.54, 1.807) is 0 Å². The fraction of sp³-hybridized carbons (Fsp3) is 0.929. The highest BCUT2D eigenvalue weighted by molar-refractivity contribution is 5.80. The summed E-state index contributed by atoms with van der Waals surface area (Å²) in [5.41, 5.74) is 5.95. The first-order valence-corrected chi connectivity index (χ1v) is 7.38. The highest BCUT2D eigenvalue weighted by Gasteiger charge is 2.29. The van der Waals surface area contributed by atoms with Crippen molar-refractivity contribution >= 4 is 5.91 Å². The smallest absolute Gasteiger partial charge is 0.249 e. The molecule has 0 saturated heterocycles. The molecule has 1 amide bonds. The van der Waals surface area contributed by atoms with E-state index >= 15 is 0 Å². The second-order valence-corrected chi connectivity index (χ2v) is 5.76. The van der Waals surface area contributed by atoms with Gasteiger partial charge in [0.2, 0.25) is 5.91 Å². The van der Waals surface area contributed by atoms with Crippen LogP contribution in [0.2, 0.25) is 0 Å². The minimum absolute atomic E-state index is 0.0287. The molecule has 0 radical (unpaired) electrons. The van der Waals surface area contributed by atoms with Crippen molar-refractivity contribution in [2.45, 2.75) is 82.6 Å². The van der Waals surface area contributed by atoms with Gasteiger partial charge in [-0.3, -0.25) is 4.79 Å². The van der Waals surface area contributed by atoms with Gasteiger partial charge in [-0.1, -0.05) is 19.3 Å². The number of nitrogens with two attached hydrogens (primary N) is 1. The van der Waals surface area contributed by atoms with Gasteiger partial charge in [0.15, 0.2) is 0 Å². The molecule has 2 rings (SSSR count). The Morgan fingerprint density at radius 3 is 2.50 bits per heavy atom. The Hall–Kier alpha value is -0.610. The Morgan fingerprint density at radius 1 is 1.17 bits per heavy atom. The average Bonchev–Trinajstić information content (AvgIpc) is 2.76. The summed E-state index contributed by atoms with van der Waals surface area (Å²) >= 11 is 0. The third-order valence-electron chi connectivity index (χ3n) is 4.20. The summed E-state index contributed by atoms with van der Waals surface area (Å²) in [4.78, 5) is 12.0. The number of nitrogens with one attached hydrogen (secondary N) is 1. The Morgan fingerprint density at radius 2 is 1.89 bits per heavy atom. The lowest BCUT2D eigenvalue weighted by Crippen LogP contribution is -2.45. The fourth-order valence-electron chi connectivity index (χ4n) is 3.01. The summed E-state index contributed by atoms with van der Waals surface area (Å²) in [6, 6.07) is 0.462. The van der Waals surface area contributed by atoms with Gasteiger partial charge in [0.1, 0.15) is 6.10 Å². The Labute approximate surface area is 110 Å². The first-order valence-electron chi connectivity index (χ1n) is 7.38. The van der Waals surface area contributed by atoms with Crippen LogP contribution in [0.4, 0.5) is 0 Å². The molecule has 3 N–H and O–H groups in total. The van der Waals surface area contributed by atoms with Crippen molar-refractivity contribution in [2.75, 3.05) is 0 Å². The van der Waals surface area contributed by atoms with Gasteiger partial charge in [0, 0.05) is 12.1 Å². The SMILES string of the molecule is CC(OC1CCCC1N)C(=O)NC1CCCCC1. The molecule has 3 unspecified atom stereocenters. The van der Waals surface area contributed by atoms with Crippen molar-refractivity contribution in [3.8, 4) is 0 Å². The van der Waals surface area contributed by atoms with Gasteiger partial charge in [0.25, 0.3) is 0 Å². The van der Waals surface area contributed by atoms with Crippen LogP contribution < -0.4 is 11.1 Å². The third-order valence-corrected chi connectivity index (χ3v) is 4.20. The first-order chi connectivity index (χ1) is 8.66. The van der Waals surface area contributed by atoms with E-state index < -0.39 is 0 Å². The van der Waals surface area contributed by atoms with Crippen LogP contribution in [-0.4, -0.2) is 30.2 Å². The van der Waals surface area contributed by atoms with Gasteiger partial charge < -0.3 is 15.8 Å². The van der Waals surface area contributed by atoms with Gasteiger partial charge in [-0.2, -0.15) is 0 Å². The van der Waals surface area contributed by atoms with Gasteiger partial charge in [-0.25, -0.2) is 0 Å². The number of hydrogen-bond donors (Lipinski definition) is 2. The molecular weight excluding hydrogens is 228 g/mol. The second-order valence-electron chi connectivity index (χ2n) is 5.76. The van der Waals surface area contributed by atoms with Crippen LogP contribution in [0.15, 0.2) is 0 Å². The first kappa shape index (κ1) is 13.8. The van der Waals surface area contributed by atoms with Crippen molar-refractivity contribution in [3.63, 3.8) is 0 Å².